The van der Waals surface area contributed by atoms with E-state index in [1.165, 1.54) is 0 Å². The van der Waals surface area contributed by atoms with Crippen LogP contribution in [0.25, 0.3) is 0 Å². The van der Waals surface area contributed by atoms with Crippen LogP contribution in [0.2, 0.25) is 0 Å². The van der Waals surface area contributed by atoms with Crippen molar-refractivity contribution in [3.05, 3.63) is 0 Å². The van der Waals surface area contributed by atoms with Crippen molar-refractivity contribution >= 4 is 5.97 Å². The largest absolute Gasteiger partial charge is 0.463 e. The molecule has 0 aromatic rings. The number of carbonyl (C=O) groups is 1. The van der Waals surface area contributed by atoms with E-state index in [0.29, 0.717) is 6.61 Å². The zero-order valence-corrected chi connectivity index (χ0v) is 9.62. The quantitative estimate of drug-likeness (QED) is 0.716. The molecule has 0 aromatic heterocycles. The van der Waals surface area contributed by atoms with E-state index in [2.05, 4.69) is 0 Å². The maximum atomic E-state index is 11.3. The Balaban J connectivity index is 2.15. The van der Waals surface area contributed by atoms with Gasteiger partial charge in [-0.15, -0.1) is 0 Å². The second kappa shape index (κ2) is 5.47. The van der Waals surface area contributed by atoms with E-state index in [4.69, 9.17) is 15.2 Å². The number of ether oxygens (including phenoxy) is 2. The number of nitrogens with two attached hydrogens (primary N) is 1. The fraction of sp³-hybridized carbons (Fsp3) is 0.909. The molecule has 1 atom stereocenters. The smallest absolute Gasteiger partial charge is 0.307 e. The highest BCUT2D eigenvalue weighted by molar-refractivity contribution is 5.70. The summed E-state index contributed by atoms with van der Waals surface area (Å²) in [6.45, 7) is 4.77. The van der Waals surface area contributed by atoms with Gasteiger partial charge in [0.15, 0.2) is 0 Å². The first kappa shape index (κ1) is 12.5. The highest BCUT2D eigenvalue weighted by atomic mass is 16.6. The molecule has 0 bridgehead atoms. The van der Waals surface area contributed by atoms with Gasteiger partial charge in [-0.05, 0) is 33.1 Å². The van der Waals surface area contributed by atoms with Crippen molar-refractivity contribution in [1.29, 1.82) is 0 Å². The Hall–Kier alpha value is -0.610. The summed E-state index contributed by atoms with van der Waals surface area (Å²) in [7, 11) is 0. The molecule has 1 saturated heterocycles. The summed E-state index contributed by atoms with van der Waals surface area (Å²) in [4.78, 5) is 11.3. The van der Waals surface area contributed by atoms with E-state index in [1.54, 1.807) is 0 Å². The Morgan fingerprint density at radius 3 is 2.80 bits per heavy atom. The number of rotatable bonds is 4. The molecule has 1 heterocycles. The van der Waals surface area contributed by atoms with Crippen molar-refractivity contribution in [2.75, 3.05) is 13.2 Å². The molecule has 15 heavy (non-hydrogen) atoms. The molecule has 1 fully saturated rings. The molecule has 0 aliphatic carbocycles. The maximum Gasteiger partial charge on any atom is 0.307 e. The van der Waals surface area contributed by atoms with Gasteiger partial charge < -0.3 is 15.2 Å². The van der Waals surface area contributed by atoms with Crippen LogP contribution in [-0.2, 0) is 14.3 Å². The normalized spacial score (nSPS) is 22.5. The monoisotopic (exact) mass is 215 g/mol. The first-order valence-electron chi connectivity index (χ1n) is 5.53. The van der Waals surface area contributed by atoms with Gasteiger partial charge in [0, 0.05) is 12.1 Å². The van der Waals surface area contributed by atoms with Crippen LogP contribution < -0.4 is 5.73 Å². The van der Waals surface area contributed by atoms with Crippen molar-refractivity contribution in [3.63, 3.8) is 0 Å². The summed E-state index contributed by atoms with van der Waals surface area (Å²) in [5.41, 5.74) is 5.22. The zero-order valence-electron chi connectivity index (χ0n) is 9.62. The van der Waals surface area contributed by atoms with Crippen LogP contribution in [0.5, 0.6) is 0 Å². The summed E-state index contributed by atoms with van der Waals surface area (Å²) in [6, 6.07) is 0. The average molecular weight is 215 g/mol. The Labute approximate surface area is 91.1 Å². The lowest BCUT2D eigenvalue weighted by molar-refractivity contribution is -0.150. The van der Waals surface area contributed by atoms with E-state index in [-0.39, 0.29) is 18.5 Å². The van der Waals surface area contributed by atoms with Crippen LogP contribution in [0, 0.1) is 0 Å². The fourth-order valence-corrected chi connectivity index (χ4v) is 1.55. The molecular formula is C11H21NO3. The summed E-state index contributed by atoms with van der Waals surface area (Å²) < 4.78 is 10.6. The van der Waals surface area contributed by atoms with Gasteiger partial charge in [0.25, 0.3) is 0 Å². The molecule has 1 aliphatic rings. The van der Waals surface area contributed by atoms with E-state index >= 15 is 0 Å². The Morgan fingerprint density at radius 2 is 2.27 bits per heavy atom. The molecular weight excluding hydrogens is 194 g/mol. The Kier molecular flexibility index (Phi) is 4.54. The molecule has 88 valence electrons. The minimum absolute atomic E-state index is 0.0867. The van der Waals surface area contributed by atoms with Crippen LogP contribution in [0.15, 0.2) is 0 Å². The van der Waals surface area contributed by atoms with Gasteiger partial charge in [0.1, 0.15) is 6.61 Å². The van der Waals surface area contributed by atoms with Crippen LogP contribution in [0.3, 0.4) is 0 Å². The first-order chi connectivity index (χ1) is 6.97. The second-order valence-electron chi connectivity index (χ2n) is 4.84. The van der Waals surface area contributed by atoms with Crippen LogP contribution >= 0.6 is 0 Å². The highest BCUT2D eigenvalue weighted by Gasteiger charge is 2.20. The van der Waals surface area contributed by atoms with Gasteiger partial charge in [-0.25, -0.2) is 0 Å². The van der Waals surface area contributed by atoms with Crippen LogP contribution in [0.4, 0.5) is 0 Å². The van der Waals surface area contributed by atoms with E-state index in [1.807, 2.05) is 13.8 Å². The predicted molar refractivity (Wildman–Crippen MR) is 57.4 cm³/mol. The predicted octanol–water partition coefficient (Wildman–Crippen LogP) is 1.23. The van der Waals surface area contributed by atoms with Crippen molar-refractivity contribution in [2.24, 2.45) is 5.73 Å². The SMILES string of the molecule is CC(C)(N)CC(=O)OCC1CCCCO1. The van der Waals surface area contributed by atoms with Gasteiger partial charge in [-0.1, -0.05) is 0 Å². The summed E-state index contributed by atoms with van der Waals surface area (Å²) in [5.74, 6) is -0.239. The molecule has 0 amide bonds. The minimum Gasteiger partial charge on any atom is -0.463 e. The molecule has 4 heteroatoms. The van der Waals surface area contributed by atoms with Gasteiger partial charge in [-0.3, -0.25) is 4.79 Å². The van der Waals surface area contributed by atoms with Crippen molar-refractivity contribution in [1.82, 2.24) is 0 Å². The summed E-state index contributed by atoms with van der Waals surface area (Å²) >= 11 is 0. The maximum absolute atomic E-state index is 11.3. The van der Waals surface area contributed by atoms with Crippen molar-refractivity contribution < 1.29 is 14.3 Å². The highest BCUT2D eigenvalue weighted by Crippen LogP contribution is 2.13. The first-order valence-corrected chi connectivity index (χ1v) is 5.53. The summed E-state index contributed by atoms with van der Waals surface area (Å²) in [6.07, 6.45) is 3.59. The molecule has 1 rings (SSSR count). The number of hydrogen-bond acceptors (Lipinski definition) is 4. The van der Waals surface area contributed by atoms with Crippen LogP contribution in [-0.4, -0.2) is 30.8 Å². The van der Waals surface area contributed by atoms with Gasteiger partial charge >= 0.3 is 5.97 Å². The lowest BCUT2D eigenvalue weighted by Crippen LogP contribution is -2.36. The van der Waals surface area contributed by atoms with Crippen molar-refractivity contribution in [3.8, 4) is 0 Å². The lowest BCUT2D eigenvalue weighted by atomic mass is 10.0. The average Bonchev–Trinajstić information content (AvgIpc) is 2.14. The molecule has 0 aromatic carbocycles. The third kappa shape index (κ3) is 5.74. The number of hydrogen-bond donors (Lipinski definition) is 1. The minimum atomic E-state index is -0.496. The lowest BCUT2D eigenvalue weighted by Gasteiger charge is -2.23. The molecule has 1 aliphatic heterocycles. The summed E-state index contributed by atoms with van der Waals surface area (Å²) in [5, 5.41) is 0. The Morgan fingerprint density at radius 1 is 1.53 bits per heavy atom. The van der Waals surface area contributed by atoms with Gasteiger partial charge in [-0.2, -0.15) is 0 Å². The van der Waals surface area contributed by atoms with Gasteiger partial charge in [0.2, 0.25) is 0 Å². The number of esters is 1. The Bertz CT molecular complexity index is 204. The second-order valence-corrected chi connectivity index (χ2v) is 4.84. The third-order valence-electron chi connectivity index (χ3n) is 2.30. The molecule has 2 N–H and O–H groups in total. The van der Waals surface area contributed by atoms with E-state index in [0.717, 1.165) is 25.9 Å². The fourth-order valence-electron chi connectivity index (χ4n) is 1.55. The molecule has 1 unspecified atom stereocenters. The van der Waals surface area contributed by atoms with E-state index in [9.17, 15) is 4.79 Å². The molecule has 0 saturated carbocycles. The van der Waals surface area contributed by atoms with E-state index < -0.39 is 5.54 Å². The number of carbonyl (C=O) groups excluding carboxylic acids is 1. The molecule has 4 nitrogen and oxygen atoms in total. The zero-order chi connectivity index (χ0) is 11.3. The third-order valence-corrected chi connectivity index (χ3v) is 2.30. The van der Waals surface area contributed by atoms with Gasteiger partial charge in [0.05, 0.1) is 12.5 Å². The molecule has 0 radical (unpaired) electrons. The topological polar surface area (TPSA) is 61.6 Å². The molecule has 0 spiro atoms. The van der Waals surface area contributed by atoms with Crippen LogP contribution in [0.1, 0.15) is 39.5 Å². The standard InChI is InChI=1S/C11H21NO3/c1-11(2,12)7-10(13)15-8-9-5-3-4-6-14-9/h9H,3-8,12H2,1-2H3. The van der Waals surface area contributed by atoms with Crippen molar-refractivity contribution in [2.45, 2.75) is 51.2 Å².